The number of benzene rings is 1. The van der Waals surface area contributed by atoms with Crippen molar-refractivity contribution in [3.05, 3.63) is 54.0 Å². The van der Waals surface area contributed by atoms with Gasteiger partial charge in [-0.2, -0.15) is 0 Å². The van der Waals surface area contributed by atoms with Gasteiger partial charge in [0, 0.05) is 0 Å². The zero-order chi connectivity index (χ0) is 14.0. The maximum atomic E-state index is 5.72. The maximum absolute atomic E-state index is 5.72. The van der Waals surface area contributed by atoms with Crippen molar-refractivity contribution < 1.29 is 9.15 Å². The molecule has 20 heavy (non-hydrogen) atoms. The highest BCUT2D eigenvalue weighted by atomic mass is 16.5. The Bertz CT molecular complexity index is 479. The second kappa shape index (κ2) is 8.43. The van der Waals surface area contributed by atoms with E-state index in [1.54, 1.807) is 6.26 Å². The average molecular weight is 273 g/mol. The summed E-state index contributed by atoms with van der Waals surface area (Å²) in [5, 5.41) is 3.37. The summed E-state index contributed by atoms with van der Waals surface area (Å²) in [4.78, 5) is 0. The molecule has 0 unspecified atom stereocenters. The number of hydrogen-bond donors (Lipinski definition) is 1. The third-order valence-electron chi connectivity index (χ3n) is 3.13. The van der Waals surface area contributed by atoms with Crippen LogP contribution in [0.2, 0.25) is 0 Å². The Morgan fingerprint density at radius 3 is 2.95 bits per heavy atom. The zero-order valence-corrected chi connectivity index (χ0v) is 12.1. The molecule has 0 spiro atoms. The van der Waals surface area contributed by atoms with E-state index in [2.05, 4.69) is 30.4 Å². The molecule has 0 aliphatic carbocycles. The first-order valence-corrected chi connectivity index (χ1v) is 7.33. The molecule has 0 radical (unpaired) electrons. The lowest BCUT2D eigenvalue weighted by Crippen LogP contribution is -2.16. The number of ether oxygens (including phenoxy) is 1. The van der Waals surface area contributed by atoms with Crippen molar-refractivity contribution in [1.82, 2.24) is 5.32 Å². The fourth-order valence-corrected chi connectivity index (χ4v) is 1.98. The Hall–Kier alpha value is -1.74. The Labute approximate surface area is 121 Å². The van der Waals surface area contributed by atoms with E-state index < -0.39 is 0 Å². The van der Waals surface area contributed by atoms with E-state index in [0.717, 1.165) is 50.5 Å². The summed E-state index contributed by atoms with van der Waals surface area (Å²) in [6, 6.07) is 12.2. The first-order chi connectivity index (χ1) is 9.88. The first-order valence-electron chi connectivity index (χ1n) is 7.33. The Morgan fingerprint density at radius 2 is 2.15 bits per heavy atom. The highest BCUT2D eigenvalue weighted by molar-refractivity contribution is 5.28. The molecule has 0 atom stereocenters. The van der Waals surface area contributed by atoms with Gasteiger partial charge >= 0.3 is 0 Å². The van der Waals surface area contributed by atoms with Gasteiger partial charge in [-0.1, -0.05) is 25.5 Å². The standard InChI is InChI=1S/C17H23NO2/c1-2-3-11-19-16-7-4-6-15(13-16)9-10-18-14-17-8-5-12-20-17/h4-8,12-13,18H,2-3,9-11,14H2,1H3. The normalized spacial score (nSPS) is 10.7. The molecule has 0 aliphatic heterocycles. The minimum Gasteiger partial charge on any atom is -0.494 e. The summed E-state index contributed by atoms with van der Waals surface area (Å²) in [7, 11) is 0. The highest BCUT2D eigenvalue weighted by Crippen LogP contribution is 2.14. The minimum atomic E-state index is 0.777. The predicted octanol–water partition coefficient (Wildman–Crippen LogP) is 3.79. The summed E-state index contributed by atoms with van der Waals surface area (Å²) in [5.74, 6) is 1.95. The van der Waals surface area contributed by atoms with Crippen LogP contribution in [0.1, 0.15) is 31.1 Å². The van der Waals surface area contributed by atoms with E-state index >= 15 is 0 Å². The van der Waals surface area contributed by atoms with E-state index in [9.17, 15) is 0 Å². The SMILES string of the molecule is CCCCOc1cccc(CCNCc2ccco2)c1. The fourth-order valence-electron chi connectivity index (χ4n) is 1.98. The van der Waals surface area contributed by atoms with Gasteiger partial charge in [-0.05, 0) is 49.2 Å². The molecule has 3 nitrogen and oxygen atoms in total. The summed E-state index contributed by atoms with van der Waals surface area (Å²) >= 11 is 0. The van der Waals surface area contributed by atoms with Crippen LogP contribution < -0.4 is 10.1 Å². The zero-order valence-electron chi connectivity index (χ0n) is 12.1. The van der Waals surface area contributed by atoms with Crippen LogP contribution in [-0.2, 0) is 13.0 Å². The molecule has 0 aliphatic rings. The quantitative estimate of drug-likeness (QED) is 0.706. The lowest BCUT2D eigenvalue weighted by molar-refractivity contribution is 0.309. The van der Waals surface area contributed by atoms with Crippen LogP contribution in [0.4, 0.5) is 0 Å². The van der Waals surface area contributed by atoms with E-state index in [1.165, 1.54) is 5.56 Å². The van der Waals surface area contributed by atoms with Crippen LogP contribution in [0.25, 0.3) is 0 Å². The van der Waals surface area contributed by atoms with Crippen molar-refractivity contribution >= 4 is 0 Å². The number of hydrogen-bond acceptors (Lipinski definition) is 3. The molecule has 2 rings (SSSR count). The number of furan rings is 1. The molecule has 2 aromatic rings. The van der Waals surface area contributed by atoms with Crippen molar-refractivity contribution in [1.29, 1.82) is 0 Å². The number of unbranched alkanes of at least 4 members (excludes halogenated alkanes) is 1. The second-order valence-electron chi connectivity index (χ2n) is 4.86. The highest BCUT2D eigenvalue weighted by Gasteiger charge is 1.98. The van der Waals surface area contributed by atoms with Crippen LogP contribution >= 0.6 is 0 Å². The van der Waals surface area contributed by atoms with Crippen LogP contribution in [-0.4, -0.2) is 13.2 Å². The van der Waals surface area contributed by atoms with E-state index in [1.807, 2.05) is 18.2 Å². The van der Waals surface area contributed by atoms with Crippen LogP contribution in [0.5, 0.6) is 5.75 Å². The van der Waals surface area contributed by atoms with Crippen molar-refractivity contribution in [2.24, 2.45) is 0 Å². The van der Waals surface area contributed by atoms with Gasteiger partial charge in [-0.25, -0.2) is 0 Å². The smallest absolute Gasteiger partial charge is 0.119 e. The molecule has 0 bridgehead atoms. The molecular formula is C17H23NO2. The number of nitrogens with one attached hydrogen (secondary N) is 1. The molecule has 1 aromatic heterocycles. The largest absolute Gasteiger partial charge is 0.494 e. The third kappa shape index (κ3) is 5.10. The van der Waals surface area contributed by atoms with Crippen molar-refractivity contribution in [3.8, 4) is 5.75 Å². The maximum Gasteiger partial charge on any atom is 0.119 e. The van der Waals surface area contributed by atoms with E-state index in [4.69, 9.17) is 9.15 Å². The van der Waals surface area contributed by atoms with Gasteiger partial charge < -0.3 is 14.5 Å². The first kappa shape index (κ1) is 14.7. The third-order valence-corrected chi connectivity index (χ3v) is 3.13. The van der Waals surface area contributed by atoms with Gasteiger partial charge in [0.15, 0.2) is 0 Å². The second-order valence-corrected chi connectivity index (χ2v) is 4.86. The van der Waals surface area contributed by atoms with Gasteiger partial charge in [0.25, 0.3) is 0 Å². The Balaban J connectivity index is 1.70. The summed E-state index contributed by atoms with van der Waals surface area (Å²) in [6.45, 7) is 4.68. The minimum absolute atomic E-state index is 0.777. The van der Waals surface area contributed by atoms with E-state index in [0.29, 0.717) is 0 Å². The molecule has 0 saturated heterocycles. The molecule has 0 fully saturated rings. The van der Waals surface area contributed by atoms with Crippen LogP contribution in [0, 0.1) is 0 Å². The Morgan fingerprint density at radius 1 is 1.20 bits per heavy atom. The van der Waals surface area contributed by atoms with Crippen molar-refractivity contribution in [3.63, 3.8) is 0 Å². The molecule has 1 heterocycles. The molecule has 3 heteroatoms. The summed E-state index contributed by atoms with van der Waals surface area (Å²) < 4.78 is 11.0. The molecule has 108 valence electrons. The fraction of sp³-hybridized carbons (Fsp3) is 0.412. The van der Waals surface area contributed by atoms with Gasteiger partial charge in [0.05, 0.1) is 19.4 Å². The number of rotatable bonds is 9. The van der Waals surface area contributed by atoms with Gasteiger partial charge in [-0.15, -0.1) is 0 Å². The molecule has 0 saturated carbocycles. The van der Waals surface area contributed by atoms with Gasteiger partial charge in [-0.3, -0.25) is 0 Å². The average Bonchev–Trinajstić information content (AvgIpc) is 2.98. The topological polar surface area (TPSA) is 34.4 Å². The molecule has 1 N–H and O–H groups in total. The summed E-state index contributed by atoms with van der Waals surface area (Å²) in [5.41, 5.74) is 1.30. The van der Waals surface area contributed by atoms with Gasteiger partial charge in [0.1, 0.15) is 11.5 Å². The van der Waals surface area contributed by atoms with Crippen LogP contribution in [0.15, 0.2) is 47.1 Å². The molecular weight excluding hydrogens is 250 g/mol. The lowest BCUT2D eigenvalue weighted by Gasteiger charge is -2.08. The molecule has 1 aromatic carbocycles. The van der Waals surface area contributed by atoms with Crippen molar-refractivity contribution in [2.45, 2.75) is 32.7 Å². The Kier molecular flexibility index (Phi) is 6.18. The van der Waals surface area contributed by atoms with Crippen molar-refractivity contribution in [2.75, 3.05) is 13.2 Å². The lowest BCUT2D eigenvalue weighted by atomic mass is 10.1. The van der Waals surface area contributed by atoms with Crippen LogP contribution in [0.3, 0.4) is 0 Å². The molecule has 0 amide bonds. The van der Waals surface area contributed by atoms with Gasteiger partial charge in [0.2, 0.25) is 0 Å². The predicted molar refractivity (Wildman–Crippen MR) is 81.0 cm³/mol. The monoisotopic (exact) mass is 273 g/mol. The summed E-state index contributed by atoms with van der Waals surface area (Å²) in [6.07, 6.45) is 4.96. The van der Waals surface area contributed by atoms with E-state index in [-0.39, 0.29) is 0 Å².